The van der Waals surface area contributed by atoms with Crippen molar-refractivity contribution in [3.8, 4) is 16.8 Å². The summed E-state index contributed by atoms with van der Waals surface area (Å²) in [7, 11) is -3.43. The van der Waals surface area contributed by atoms with E-state index < -0.39 is 16.3 Å². The number of imidazole rings is 1. The van der Waals surface area contributed by atoms with Gasteiger partial charge in [-0.25, -0.2) is 28.0 Å². The summed E-state index contributed by atoms with van der Waals surface area (Å²) in [5.41, 5.74) is 9.42. The zero-order valence-corrected chi connectivity index (χ0v) is 22.9. The number of rotatable bonds is 9. The highest BCUT2D eigenvalue weighted by Gasteiger charge is 2.20. The Morgan fingerprint density at radius 1 is 1.10 bits per heavy atom. The van der Waals surface area contributed by atoms with Crippen LogP contribution in [-0.2, 0) is 16.4 Å². The second kappa shape index (κ2) is 11.6. The minimum absolute atomic E-state index is 0.0279. The van der Waals surface area contributed by atoms with Crippen molar-refractivity contribution in [3.05, 3.63) is 107 Å². The molecule has 4 rings (SSSR count). The van der Waals surface area contributed by atoms with Crippen molar-refractivity contribution >= 4 is 27.1 Å². The molecule has 0 aliphatic heterocycles. The van der Waals surface area contributed by atoms with Crippen molar-refractivity contribution < 1.29 is 17.2 Å². The Labute approximate surface area is 231 Å². The zero-order valence-electron chi connectivity index (χ0n) is 21.4. The first kappa shape index (κ1) is 28.3. The molecule has 0 spiro atoms. The summed E-state index contributed by atoms with van der Waals surface area (Å²) in [5, 5.41) is 2.04. The van der Waals surface area contributed by atoms with E-state index in [2.05, 4.69) is 4.98 Å². The molecule has 0 aliphatic rings. The van der Waals surface area contributed by atoms with Crippen LogP contribution in [0.1, 0.15) is 36.0 Å². The maximum absolute atomic E-state index is 13.5. The van der Waals surface area contributed by atoms with Crippen molar-refractivity contribution in [1.29, 1.82) is 0 Å². The summed E-state index contributed by atoms with van der Waals surface area (Å²) in [6.45, 7) is 3.49. The van der Waals surface area contributed by atoms with Crippen LogP contribution in [0.3, 0.4) is 0 Å². The van der Waals surface area contributed by atoms with Crippen molar-refractivity contribution in [2.45, 2.75) is 31.7 Å². The molecule has 39 heavy (non-hydrogen) atoms. The molecule has 3 aromatic carbocycles. The van der Waals surface area contributed by atoms with E-state index in [1.807, 2.05) is 12.1 Å². The van der Waals surface area contributed by atoms with Crippen LogP contribution in [0.4, 0.5) is 8.78 Å². The molecule has 0 bridgehead atoms. The minimum atomic E-state index is -3.43. The van der Waals surface area contributed by atoms with Gasteiger partial charge >= 0.3 is 0 Å². The topological polar surface area (TPSA) is 107 Å². The number of nitrogens with zero attached hydrogens (tertiary/aromatic N) is 3. The first-order chi connectivity index (χ1) is 18.5. The molecule has 4 N–H and O–H groups in total. The van der Waals surface area contributed by atoms with Gasteiger partial charge in [-0.15, -0.1) is 0 Å². The molecule has 0 fully saturated rings. The van der Waals surface area contributed by atoms with Crippen LogP contribution in [0.25, 0.3) is 22.5 Å². The average molecular weight is 572 g/mol. The number of aromatic nitrogens is 2. The Hall–Kier alpha value is -3.73. The number of benzene rings is 3. The maximum atomic E-state index is 13.5. The third kappa shape index (κ3) is 6.13. The van der Waals surface area contributed by atoms with Gasteiger partial charge in [0.2, 0.25) is 0 Å². The number of nitrogens with two attached hydrogens (primary N) is 2. The molecule has 0 aliphatic carbocycles. The Kier molecular flexibility index (Phi) is 8.39. The second-order valence-electron chi connectivity index (χ2n) is 8.85. The van der Waals surface area contributed by atoms with Crippen molar-refractivity contribution in [1.82, 2.24) is 14.6 Å². The molecule has 204 valence electrons. The lowest BCUT2D eigenvalue weighted by Gasteiger charge is -2.25. The lowest BCUT2D eigenvalue weighted by Crippen LogP contribution is -2.30. The molecule has 0 radical (unpaired) electrons. The van der Waals surface area contributed by atoms with Crippen LogP contribution in [-0.4, -0.2) is 28.7 Å². The number of sulfone groups is 1. The highest BCUT2D eigenvalue weighted by molar-refractivity contribution is 7.91. The van der Waals surface area contributed by atoms with Gasteiger partial charge in [0.1, 0.15) is 11.5 Å². The quantitative estimate of drug-likeness (QED) is 0.192. The Balaban J connectivity index is 1.86. The van der Waals surface area contributed by atoms with E-state index in [9.17, 15) is 17.2 Å². The second-order valence-corrected chi connectivity index (χ2v) is 11.6. The number of alkyl halides is 2. The molecule has 0 saturated heterocycles. The molecule has 0 atom stereocenters. The van der Waals surface area contributed by atoms with E-state index in [1.54, 1.807) is 73.0 Å². The molecular formula is C28H28ClF2N5O2S. The molecule has 0 saturated carbocycles. The van der Waals surface area contributed by atoms with Gasteiger partial charge < -0.3 is 15.3 Å². The van der Waals surface area contributed by atoms with Gasteiger partial charge in [0, 0.05) is 23.0 Å². The Morgan fingerprint density at radius 3 is 2.41 bits per heavy atom. The molecule has 1 heterocycles. The SMILES string of the molecule is CCS(=O)(=O)c1cccc(-c2ccc(-n3cc(C(F)F)nc3C)c(/C(=C/N)N(N)Cc3ccc(Cl)cc3)c2)c1. The molecular weight excluding hydrogens is 544 g/mol. The molecule has 11 heteroatoms. The predicted octanol–water partition coefficient (Wildman–Crippen LogP) is 5.87. The van der Waals surface area contributed by atoms with Crippen LogP contribution < -0.4 is 11.6 Å². The lowest BCUT2D eigenvalue weighted by molar-refractivity contribution is 0.146. The van der Waals surface area contributed by atoms with E-state index in [-0.39, 0.29) is 22.9 Å². The monoisotopic (exact) mass is 571 g/mol. The summed E-state index contributed by atoms with van der Waals surface area (Å²) >= 11 is 6.01. The van der Waals surface area contributed by atoms with Gasteiger partial charge in [-0.05, 0) is 60.0 Å². The summed E-state index contributed by atoms with van der Waals surface area (Å²) in [5.74, 6) is 6.81. The summed E-state index contributed by atoms with van der Waals surface area (Å²) in [4.78, 5) is 4.21. The van der Waals surface area contributed by atoms with Gasteiger partial charge in [0.15, 0.2) is 9.84 Å². The molecule has 0 unspecified atom stereocenters. The molecule has 1 aromatic heterocycles. The third-order valence-electron chi connectivity index (χ3n) is 6.30. The van der Waals surface area contributed by atoms with Crippen LogP contribution in [0, 0.1) is 6.92 Å². The first-order valence-electron chi connectivity index (χ1n) is 12.0. The summed E-state index contributed by atoms with van der Waals surface area (Å²) in [6, 6.07) is 19.1. The molecule has 0 amide bonds. The number of hydrazine groups is 1. The van der Waals surface area contributed by atoms with E-state index in [0.29, 0.717) is 38.9 Å². The summed E-state index contributed by atoms with van der Waals surface area (Å²) < 4.78 is 53.5. The zero-order chi connectivity index (χ0) is 28.3. The first-order valence-corrected chi connectivity index (χ1v) is 14.1. The van der Waals surface area contributed by atoms with E-state index >= 15 is 0 Å². The number of hydrogen-bond acceptors (Lipinski definition) is 6. The Morgan fingerprint density at radius 2 is 1.79 bits per heavy atom. The van der Waals surface area contributed by atoms with Gasteiger partial charge in [-0.3, -0.25) is 0 Å². The summed E-state index contributed by atoms with van der Waals surface area (Å²) in [6.07, 6.45) is -0.117. The van der Waals surface area contributed by atoms with Gasteiger partial charge in [-0.1, -0.05) is 48.9 Å². The minimum Gasteiger partial charge on any atom is -0.403 e. The molecule has 4 aromatic rings. The standard InChI is InChI=1S/C28H28ClF2N5O2S/c1-3-39(37,38)23-6-4-5-20(13-23)21-9-12-26(35-17-25(28(30)31)34-18(35)2)24(14-21)27(15-32)36(33)16-19-7-10-22(29)11-8-19/h4-15,17,28H,3,16,32-33H2,1-2H3/b27-15-. The van der Waals surface area contributed by atoms with Gasteiger partial charge in [0.05, 0.1) is 28.6 Å². The van der Waals surface area contributed by atoms with Crippen LogP contribution in [0.2, 0.25) is 5.02 Å². The van der Waals surface area contributed by atoms with Crippen LogP contribution >= 0.6 is 11.6 Å². The highest BCUT2D eigenvalue weighted by Crippen LogP contribution is 2.33. The fourth-order valence-corrected chi connectivity index (χ4v) is 5.27. The fourth-order valence-electron chi connectivity index (χ4n) is 4.22. The maximum Gasteiger partial charge on any atom is 0.281 e. The predicted molar refractivity (Wildman–Crippen MR) is 150 cm³/mol. The lowest BCUT2D eigenvalue weighted by atomic mass is 9.99. The Bertz CT molecular complexity index is 1620. The number of halogens is 3. The smallest absolute Gasteiger partial charge is 0.281 e. The van der Waals surface area contributed by atoms with Crippen molar-refractivity contribution in [2.75, 3.05) is 5.75 Å². The fraction of sp³-hybridized carbons (Fsp3) is 0.179. The van der Waals surface area contributed by atoms with Gasteiger partial charge in [-0.2, -0.15) is 0 Å². The number of hydrogen-bond donors (Lipinski definition) is 2. The van der Waals surface area contributed by atoms with Crippen LogP contribution in [0.5, 0.6) is 0 Å². The van der Waals surface area contributed by atoms with Crippen LogP contribution in [0.15, 0.2) is 84.0 Å². The highest BCUT2D eigenvalue weighted by atomic mass is 35.5. The normalized spacial score (nSPS) is 12.2. The van der Waals surface area contributed by atoms with E-state index in [1.165, 1.54) is 17.4 Å². The third-order valence-corrected chi connectivity index (χ3v) is 8.28. The van der Waals surface area contributed by atoms with E-state index in [0.717, 1.165) is 5.56 Å². The van der Waals surface area contributed by atoms with Crippen molar-refractivity contribution in [2.24, 2.45) is 11.6 Å². The number of aryl methyl sites for hydroxylation is 1. The van der Waals surface area contributed by atoms with Gasteiger partial charge in [0.25, 0.3) is 6.43 Å². The van der Waals surface area contributed by atoms with Crippen molar-refractivity contribution in [3.63, 3.8) is 0 Å². The average Bonchev–Trinajstić information content (AvgIpc) is 3.32. The molecule has 7 nitrogen and oxygen atoms in total. The largest absolute Gasteiger partial charge is 0.403 e. The van der Waals surface area contributed by atoms with E-state index in [4.69, 9.17) is 23.2 Å².